The van der Waals surface area contributed by atoms with E-state index in [0.717, 1.165) is 61.6 Å². The van der Waals surface area contributed by atoms with Crippen LogP contribution in [0.2, 0.25) is 0 Å². The Bertz CT molecular complexity index is 2770. The van der Waals surface area contributed by atoms with Crippen LogP contribution in [0.4, 0.5) is 11.5 Å². The number of aromatic nitrogens is 1. The van der Waals surface area contributed by atoms with Crippen molar-refractivity contribution in [1.82, 2.24) is 4.57 Å². The number of carbonyl (C=O) groups is 1. The average molecular weight is 642 g/mol. The lowest BCUT2D eigenvalue weighted by molar-refractivity contribution is -0.122. The Labute approximate surface area is 287 Å². The van der Waals surface area contributed by atoms with Crippen LogP contribution in [0.5, 0.6) is 0 Å². The van der Waals surface area contributed by atoms with Gasteiger partial charge in [0.25, 0.3) is 5.56 Å². The standard InChI is InChI=1S/C45H27N3O2/c49-44-31-19-15-27-28-16-20-32-42-30(43-46-33-10-2-6-23-8-4-12-35(38(23)33)48(43)45(32)50)18-14-26(40(28)42)25-13-17-29(41(31)39(25)27)36-21-24-9-1-5-22-7-3-11-34(37(22)24)47(36)44/h1-21,26,28,31,38,40-41H. The molecule has 234 valence electrons. The molecule has 5 nitrogen and oxygen atoms in total. The van der Waals surface area contributed by atoms with E-state index in [1.54, 1.807) is 0 Å². The molecule has 1 amide bonds. The Kier molecular flexibility index (Phi) is 4.43. The number of carbonyl (C=O) groups excluding carboxylic acids is 1. The molecule has 0 saturated carbocycles. The molecule has 0 bridgehead atoms. The monoisotopic (exact) mass is 641 g/mol. The number of pyridine rings is 1. The van der Waals surface area contributed by atoms with Crippen molar-refractivity contribution >= 4 is 57.8 Å². The summed E-state index contributed by atoms with van der Waals surface area (Å²) in [6, 6.07) is 12.7. The van der Waals surface area contributed by atoms with Crippen LogP contribution < -0.4 is 10.5 Å². The van der Waals surface area contributed by atoms with Gasteiger partial charge in [0.1, 0.15) is 5.82 Å². The molecule has 10 aliphatic rings. The van der Waals surface area contributed by atoms with E-state index in [0.29, 0.717) is 0 Å². The first kappa shape index (κ1) is 25.9. The summed E-state index contributed by atoms with van der Waals surface area (Å²) in [5.41, 5.74) is 14.3. The van der Waals surface area contributed by atoms with Gasteiger partial charge in [-0.3, -0.25) is 19.1 Å². The maximum absolute atomic E-state index is 14.6. The van der Waals surface area contributed by atoms with Gasteiger partial charge in [0.05, 0.1) is 28.9 Å². The topological polar surface area (TPSA) is 54.7 Å². The van der Waals surface area contributed by atoms with E-state index in [1.165, 1.54) is 27.9 Å². The number of benzene rings is 2. The van der Waals surface area contributed by atoms with Crippen molar-refractivity contribution < 1.29 is 4.79 Å². The maximum Gasteiger partial charge on any atom is 0.264 e. The van der Waals surface area contributed by atoms with Gasteiger partial charge >= 0.3 is 0 Å². The van der Waals surface area contributed by atoms with Crippen LogP contribution in [0.3, 0.4) is 0 Å². The third kappa shape index (κ3) is 2.82. The zero-order valence-corrected chi connectivity index (χ0v) is 26.7. The summed E-state index contributed by atoms with van der Waals surface area (Å²) >= 11 is 0. The van der Waals surface area contributed by atoms with E-state index in [2.05, 4.69) is 121 Å². The van der Waals surface area contributed by atoms with Gasteiger partial charge in [-0.15, -0.1) is 0 Å². The number of fused-ring (bicyclic) bond motifs is 8. The minimum Gasteiger partial charge on any atom is -0.280 e. The highest BCUT2D eigenvalue weighted by Crippen LogP contribution is 2.62. The number of allylic oxidation sites excluding steroid dienone is 17. The molecule has 5 heteroatoms. The number of hydrogen-bond acceptors (Lipinski definition) is 3. The molecule has 3 aromatic rings. The molecular weight excluding hydrogens is 615 g/mol. The van der Waals surface area contributed by atoms with Gasteiger partial charge in [-0.2, -0.15) is 0 Å². The zero-order valence-electron chi connectivity index (χ0n) is 26.7. The molecule has 0 radical (unpaired) electrons. The number of piperidine rings is 1. The highest BCUT2D eigenvalue weighted by Gasteiger charge is 2.54. The average Bonchev–Trinajstić information content (AvgIpc) is 3.15. The normalized spacial score (nSPS) is 29.9. The largest absolute Gasteiger partial charge is 0.280 e. The van der Waals surface area contributed by atoms with E-state index >= 15 is 0 Å². The Morgan fingerprint density at radius 2 is 1.56 bits per heavy atom. The molecule has 3 aliphatic heterocycles. The van der Waals surface area contributed by atoms with E-state index in [-0.39, 0.29) is 47.0 Å². The highest BCUT2D eigenvalue weighted by molar-refractivity contribution is 6.15. The third-order valence-electron chi connectivity index (χ3n) is 12.8. The van der Waals surface area contributed by atoms with Gasteiger partial charge in [0, 0.05) is 45.9 Å². The number of nitrogens with zero attached hydrogens (tertiary/aromatic N) is 3. The molecule has 1 fully saturated rings. The molecule has 50 heavy (non-hydrogen) atoms. The Hall–Kier alpha value is -6.07. The first-order chi connectivity index (χ1) is 24.7. The minimum absolute atomic E-state index is 0.0112. The summed E-state index contributed by atoms with van der Waals surface area (Å²) in [4.78, 5) is 36.4. The van der Waals surface area contributed by atoms with Gasteiger partial charge in [0.2, 0.25) is 5.91 Å². The first-order valence-electron chi connectivity index (χ1n) is 17.6. The van der Waals surface area contributed by atoms with Crippen LogP contribution in [-0.4, -0.2) is 16.2 Å². The fourth-order valence-corrected chi connectivity index (χ4v) is 10.9. The van der Waals surface area contributed by atoms with Crippen LogP contribution in [0, 0.1) is 29.6 Å². The predicted octanol–water partition coefficient (Wildman–Crippen LogP) is 8.36. The Morgan fingerprint density at radius 3 is 2.50 bits per heavy atom. The van der Waals surface area contributed by atoms with Crippen LogP contribution in [-0.2, 0) is 4.79 Å². The van der Waals surface area contributed by atoms with Crippen LogP contribution >= 0.6 is 0 Å². The first-order valence-corrected chi connectivity index (χ1v) is 17.6. The van der Waals surface area contributed by atoms with Crippen molar-refractivity contribution in [3.05, 3.63) is 175 Å². The molecule has 1 aromatic heterocycles. The lowest BCUT2D eigenvalue weighted by atomic mass is 9.53. The van der Waals surface area contributed by atoms with E-state index in [1.807, 2.05) is 15.5 Å². The predicted molar refractivity (Wildman–Crippen MR) is 198 cm³/mol. The number of anilines is 1. The summed E-state index contributed by atoms with van der Waals surface area (Å²) in [5, 5.41) is 2.29. The third-order valence-corrected chi connectivity index (χ3v) is 12.8. The molecule has 4 heterocycles. The molecule has 13 rings (SSSR count). The fourth-order valence-electron chi connectivity index (χ4n) is 10.9. The smallest absolute Gasteiger partial charge is 0.264 e. The van der Waals surface area contributed by atoms with Gasteiger partial charge < -0.3 is 0 Å². The van der Waals surface area contributed by atoms with Crippen molar-refractivity contribution in [2.75, 3.05) is 4.90 Å². The van der Waals surface area contributed by atoms with Crippen LogP contribution in [0.25, 0.3) is 34.7 Å². The number of rotatable bonds is 0. The maximum atomic E-state index is 14.6. The Balaban J connectivity index is 1.02. The van der Waals surface area contributed by atoms with E-state index < -0.39 is 0 Å². The molecule has 0 N–H and O–H groups in total. The van der Waals surface area contributed by atoms with Crippen LogP contribution in [0.1, 0.15) is 28.2 Å². The van der Waals surface area contributed by atoms with Gasteiger partial charge in [-0.25, -0.2) is 4.99 Å². The summed E-state index contributed by atoms with van der Waals surface area (Å²) in [5.74, 6) is 0.812. The Morgan fingerprint density at radius 1 is 0.740 bits per heavy atom. The summed E-state index contributed by atoms with van der Waals surface area (Å²) < 4.78 is 1.87. The fraction of sp³-hybridized carbons (Fsp3) is 0.133. The number of hydrogen-bond donors (Lipinski definition) is 0. The quantitative estimate of drug-likeness (QED) is 0.248. The molecule has 1 saturated heterocycles. The summed E-state index contributed by atoms with van der Waals surface area (Å²) in [7, 11) is 0. The second-order valence-electron chi connectivity index (χ2n) is 14.8. The van der Waals surface area contributed by atoms with Crippen molar-refractivity contribution in [2.24, 2.45) is 34.6 Å². The zero-order chi connectivity index (χ0) is 32.6. The lowest BCUT2D eigenvalue weighted by Crippen LogP contribution is -2.49. The van der Waals surface area contributed by atoms with Gasteiger partial charge in [0.15, 0.2) is 0 Å². The second kappa shape index (κ2) is 8.55. The number of aliphatic imine (C=N–C) groups is 1. The van der Waals surface area contributed by atoms with Gasteiger partial charge in [-0.05, 0) is 68.7 Å². The minimum atomic E-state index is -0.276. The van der Waals surface area contributed by atoms with Crippen molar-refractivity contribution in [2.45, 2.75) is 5.92 Å². The molecule has 7 aliphatic carbocycles. The SMILES string of the molecule is O=C1C2C=CC3=C4C(=CC=C(C5=Cc6cccc7cccc(c67)N15)C42)C1C=Cc2c4c(c(=O)n5c2N=C2C=CC=C6C=CC=C5C62)C=CC3C41. The second-order valence-corrected chi connectivity index (χ2v) is 14.8. The lowest BCUT2D eigenvalue weighted by Gasteiger charge is -2.52. The van der Waals surface area contributed by atoms with Crippen molar-refractivity contribution in [3.8, 4) is 0 Å². The molecule has 6 unspecified atom stereocenters. The highest BCUT2D eigenvalue weighted by atomic mass is 16.2. The number of amides is 1. The van der Waals surface area contributed by atoms with Crippen molar-refractivity contribution in [1.29, 1.82) is 0 Å². The molecule has 2 aromatic carbocycles. The van der Waals surface area contributed by atoms with E-state index in [9.17, 15) is 9.59 Å². The molecule has 0 spiro atoms. The summed E-state index contributed by atoms with van der Waals surface area (Å²) in [6.07, 6.45) is 32.7. The summed E-state index contributed by atoms with van der Waals surface area (Å²) in [6.45, 7) is 0. The van der Waals surface area contributed by atoms with Gasteiger partial charge in [-0.1, -0.05) is 103 Å². The van der Waals surface area contributed by atoms with E-state index in [4.69, 9.17) is 4.99 Å². The molecule has 6 atom stereocenters. The van der Waals surface area contributed by atoms with Crippen molar-refractivity contribution in [3.63, 3.8) is 0 Å². The molecular formula is C45H27N3O2. The van der Waals surface area contributed by atoms with Crippen LogP contribution in [0.15, 0.2) is 153 Å².